The Kier molecular flexibility index (Phi) is 4.85. The van der Waals surface area contributed by atoms with Crippen LogP contribution in [-0.4, -0.2) is 25.0 Å². The van der Waals surface area contributed by atoms with Crippen LogP contribution in [0.1, 0.15) is 22.5 Å². The van der Waals surface area contributed by atoms with Gasteiger partial charge in [0.2, 0.25) is 0 Å². The van der Waals surface area contributed by atoms with Gasteiger partial charge in [0, 0.05) is 6.42 Å². The highest BCUT2D eigenvalue weighted by atomic mass is 79.9. The maximum atomic E-state index is 12.4. The Bertz CT molecular complexity index is 888. The maximum Gasteiger partial charge on any atom is 0.181 e. The number of pyridine rings is 1. The van der Waals surface area contributed by atoms with Gasteiger partial charge in [0.25, 0.3) is 0 Å². The van der Waals surface area contributed by atoms with Crippen LogP contribution in [0.15, 0.2) is 45.6 Å². The van der Waals surface area contributed by atoms with Crippen molar-refractivity contribution in [2.75, 3.05) is 14.2 Å². The van der Waals surface area contributed by atoms with Crippen LogP contribution in [-0.2, 0) is 6.42 Å². The van der Waals surface area contributed by atoms with Crippen LogP contribution in [0.5, 0.6) is 11.5 Å². The van der Waals surface area contributed by atoms with E-state index in [0.717, 1.165) is 10.9 Å². The van der Waals surface area contributed by atoms with Crippen LogP contribution in [0.25, 0.3) is 11.0 Å². The second kappa shape index (κ2) is 7.05. The zero-order valence-corrected chi connectivity index (χ0v) is 14.9. The zero-order chi connectivity index (χ0) is 17.1. The van der Waals surface area contributed by atoms with Crippen LogP contribution < -0.4 is 9.47 Å². The molecular formula is C18H16BrNO4. The summed E-state index contributed by atoms with van der Waals surface area (Å²) in [5.74, 6) is 1.30. The van der Waals surface area contributed by atoms with E-state index < -0.39 is 0 Å². The Balaban J connectivity index is 1.88. The highest BCUT2D eigenvalue weighted by Gasteiger charge is 2.17. The van der Waals surface area contributed by atoms with Crippen molar-refractivity contribution in [2.24, 2.45) is 0 Å². The van der Waals surface area contributed by atoms with E-state index in [1.54, 1.807) is 38.7 Å². The van der Waals surface area contributed by atoms with Crippen LogP contribution in [0, 0.1) is 0 Å². The minimum absolute atomic E-state index is 0.0235. The first kappa shape index (κ1) is 16.5. The Morgan fingerprint density at radius 2 is 2.08 bits per heavy atom. The SMILES string of the molecule is COc1c(CCC(=O)c2cccc(Br)n2)cc(OC)c2occc12. The quantitative estimate of drug-likeness (QED) is 0.461. The minimum atomic E-state index is -0.0235. The second-order valence-corrected chi connectivity index (χ2v) is 6.02. The molecule has 0 bridgehead atoms. The van der Waals surface area contributed by atoms with Gasteiger partial charge in [0.05, 0.1) is 25.9 Å². The Labute approximate surface area is 147 Å². The number of aryl methyl sites for hydroxylation is 1. The Morgan fingerprint density at radius 1 is 1.25 bits per heavy atom. The van der Waals surface area contributed by atoms with Crippen molar-refractivity contribution in [3.05, 3.63) is 52.5 Å². The van der Waals surface area contributed by atoms with Gasteiger partial charge in [0.15, 0.2) is 17.1 Å². The lowest BCUT2D eigenvalue weighted by Crippen LogP contribution is -2.05. The molecule has 2 heterocycles. The third-order valence-corrected chi connectivity index (χ3v) is 4.22. The van der Waals surface area contributed by atoms with Crippen LogP contribution in [0.3, 0.4) is 0 Å². The summed E-state index contributed by atoms with van der Waals surface area (Å²) in [7, 11) is 3.19. The monoisotopic (exact) mass is 389 g/mol. The molecule has 2 aromatic heterocycles. The summed E-state index contributed by atoms with van der Waals surface area (Å²) in [4.78, 5) is 16.6. The Hall–Kier alpha value is -2.34. The number of methoxy groups -OCH3 is 2. The van der Waals surface area contributed by atoms with Crippen LogP contribution in [0.2, 0.25) is 0 Å². The number of carbonyl (C=O) groups is 1. The van der Waals surface area contributed by atoms with Gasteiger partial charge < -0.3 is 13.9 Å². The molecule has 0 aliphatic heterocycles. The van der Waals surface area contributed by atoms with Gasteiger partial charge in [-0.3, -0.25) is 4.79 Å². The fourth-order valence-corrected chi connectivity index (χ4v) is 3.00. The predicted molar refractivity (Wildman–Crippen MR) is 93.9 cm³/mol. The van der Waals surface area contributed by atoms with Gasteiger partial charge in [-0.25, -0.2) is 4.98 Å². The Morgan fingerprint density at radius 3 is 2.79 bits per heavy atom. The molecule has 24 heavy (non-hydrogen) atoms. The third-order valence-electron chi connectivity index (χ3n) is 3.78. The molecule has 124 valence electrons. The molecular weight excluding hydrogens is 374 g/mol. The number of hydrogen-bond donors (Lipinski definition) is 0. The third kappa shape index (κ3) is 3.14. The lowest BCUT2D eigenvalue weighted by molar-refractivity contribution is 0.0977. The summed E-state index contributed by atoms with van der Waals surface area (Å²) in [6.07, 6.45) is 2.44. The molecule has 0 atom stereocenters. The number of furan rings is 1. The minimum Gasteiger partial charge on any atom is -0.496 e. The highest BCUT2D eigenvalue weighted by molar-refractivity contribution is 9.10. The number of halogens is 1. The molecule has 5 nitrogen and oxygen atoms in total. The smallest absolute Gasteiger partial charge is 0.181 e. The van der Waals surface area contributed by atoms with Gasteiger partial charge in [-0.1, -0.05) is 6.07 Å². The molecule has 3 rings (SSSR count). The van der Waals surface area contributed by atoms with E-state index in [0.29, 0.717) is 40.2 Å². The standard InChI is InChI=1S/C18H16BrNO4/c1-22-15-10-11(17(23-2)12-8-9-24-18(12)15)6-7-14(21)13-4-3-5-16(19)20-13/h3-5,8-10H,6-7H2,1-2H3. The van der Waals surface area contributed by atoms with Crippen LogP contribution >= 0.6 is 15.9 Å². The number of ether oxygens (including phenoxy) is 2. The van der Waals surface area contributed by atoms with Gasteiger partial charge in [-0.15, -0.1) is 0 Å². The zero-order valence-electron chi connectivity index (χ0n) is 13.3. The van der Waals surface area contributed by atoms with E-state index >= 15 is 0 Å². The van der Waals surface area contributed by atoms with E-state index in [2.05, 4.69) is 20.9 Å². The average Bonchev–Trinajstić information content (AvgIpc) is 3.08. The van der Waals surface area contributed by atoms with E-state index in [1.807, 2.05) is 12.1 Å². The van der Waals surface area contributed by atoms with E-state index in [-0.39, 0.29) is 5.78 Å². The molecule has 1 aromatic carbocycles. The fraction of sp³-hybridized carbons (Fsp3) is 0.222. The van der Waals surface area contributed by atoms with Gasteiger partial charge in [-0.2, -0.15) is 0 Å². The number of benzene rings is 1. The molecule has 0 saturated carbocycles. The molecule has 0 N–H and O–H groups in total. The summed E-state index contributed by atoms with van der Waals surface area (Å²) in [6.45, 7) is 0. The van der Waals surface area contributed by atoms with Gasteiger partial charge >= 0.3 is 0 Å². The number of carbonyl (C=O) groups excluding carboxylic acids is 1. The lowest BCUT2D eigenvalue weighted by Gasteiger charge is -2.12. The number of hydrogen-bond acceptors (Lipinski definition) is 5. The summed E-state index contributed by atoms with van der Waals surface area (Å²) in [6, 6.07) is 8.98. The number of rotatable bonds is 6. The second-order valence-electron chi connectivity index (χ2n) is 5.20. The maximum absolute atomic E-state index is 12.4. The first-order valence-electron chi connectivity index (χ1n) is 7.41. The molecule has 0 fully saturated rings. The summed E-state index contributed by atoms with van der Waals surface area (Å²) < 4.78 is 17.0. The van der Waals surface area contributed by atoms with Crippen LogP contribution in [0.4, 0.5) is 0 Å². The lowest BCUT2D eigenvalue weighted by atomic mass is 10.0. The predicted octanol–water partition coefficient (Wildman–Crippen LogP) is 4.42. The summed E-state index contributed by atoms with van der Waals surface area (Å²) >= 11 is 3.28. The number of ketones is 1. The normalized spacial score (nSPS) is 10.8. The molecule has 0 aliphatic carbocycles. The van der Waals surface area contributed by atoms with Crippen molar-refractivity contribution in [1.29, 1.82) is 0 Å². The first-order valence-corrected chi connectivity index (χ1v) is 8.20. The molecule has 0 spiro atoms. The van der Waals surface area contributed by atoms with Crippen molar-refractivity contribution >= 4 is 32.7 Å². The average molecular weight is 390 g/mol. The number of nitrogens with zero attached hydrogens (tertiary/aromatic N) is 1. The summed E-state index contributed by atoms with van der Waals surface area (Å²) in [5, 5.41) is 0.833. The fourth-order valence-electron chi connectivity index (χ4n) is 2.66. The molecule has 0 amide bonds. The highest BCUT2D eigenvalue weighted by Crippen LogP contribution is 2.38. The van der Waals surface area contributed by atoms with Gasteiger partial charge in [0.1, 0.15) is 16.0 Å². The number of aromatic nitrogens is 1. The molecule has 0 saturated heterocycles. The van der Waals surface area contributed by atoms with Crippen molar-refractivity contribution in [3.63, 3.8) is 0 Å². The number of Topliss-reactive ketones (excluding diaryl/α,β-unsaturated/α-hetero) is 1. The number of fused-ring (bicyclic) bond motifs is 1. The van der Waals surface area contributed by atoms with Crippen molar-refractivity contribution in [2.45, 2.75) is 12.8 Å². The molecule has 3 aromatic rings. The summed E-state index contributed by atoms with van der Waals surface area (Å²) in [5.41, 5.74) is 1.98. The van der Waals surface area contributed by atoms with Crippen molar-refractivity contribution < 1.29 is 18.7 Å². The van der Waals surface area contributed by atoms with E-state index in [4.69, 9.17) is 13.9 Å². The molecule has 6 heteroatoms. The first-order chi connectivity index (χ1) is 11.6. The van der Waals surface area contributed by atoms with E-state index in [9.17, 15) is 4.79 Å². The largest absolute Gasteiger partial charge is 0.496 e. The molecule has 0 unspecified atom stereocenters. The topological polar surface area (TPSA) is 61.6 Å². The molecule has 0 radical (unpaired) electrons. The van der Waals surface area contributed by atoms with Gasteiger partial charge in [-0.05, 0) is 52.2 Å². The molecule has 0 aliphatic rings. The van der Waals surface area contributed by atoms with Crippen molar-refractivity contribution in [3.8, 4) is 11.5 Å². The van der Waals surface area contributed by atoms with E-state index in [1.165, 1.54) is 0 Å². The van der Waals surface area contributed by atoms with Crippen molar-refractivity contribution in [1.82, 2.24) is 4.98 Å².